The van der Waals surface area contributed by atoms with Crippen molar-refractivity contribution < 1.29 is 4.79 Å². The topological polar surface area (TPSA) is 54.0 Å². The van der Waals surface area contributed by atoms with Gasteiger partial charge in [0.15, 0.2) is 0 Å². The maximum absolute atomic E-state index is 11.3. The largest absolute Gasteiger partial charge is 0.352 e. The molecule has 0 atom stereocenters. The highest BCUT2D eigenvalue weighted by Gasteiger charge is 2.22. The molecule has 1 fully saturated rings. The number of aromatic nitrogens is 1. The van der Waals surface area contributed by atoms with Gasteiger partial charge in [0.25, 0.3) is 0 Å². The zero-order chi connectivity index (χ0) is 10.5. The fourth-order valence-corrected chi connectivity index (χ4v) is 1.31. The van der Waals surface area contributed by atoms with Crippen molar-refractivity contribution in [1.82, 2.24) is 15.6 Å². The Bertz CT molecular complexity index is 322. The first-order chi connectivity index (χ1) is 7.34. The van der Waals surface area contributed by atoms with E-state index in [1.165, 1.54) is 0 Å². The van der Waals surface area contributed by atoms with Gasteiger partial charge in [0, 0.05) is 18.8 Å². The van der Waals surface area contributed by atoms with Crippen LogP contribution < -0.4 is 10.6 Å². The van der Waals surface area contributed by atoms with Crippen molar-refractivity contribution in [2.45, 2.75) is 25.4 Å². The lowest BCUT2D eigenvalue weighted by molar-refractivity contribution is -0.120. The number of amides is 1. The van der Waals surface area contributed by atoms with Crippen LogP contribution in [0.2, 0.25) is 0 Å². The van der Waals surface area contributed by atoms with Crippen LogP contribution in [0.25, 0.3) is 0 Å². The summed E-state index contributed by atoms with van der Waals surface area (Å²) < 4.78 is 0. The molecule has 1 aromatic heterocycles. The van der Waals surface area contributed by atoms with E-state index >= 15 is 0 Å². The standard InChI is InChI=1S/C11H15N3O/c15-11(14-9-4-5-9)8-12-7-10-3-1-2-6-13-10/h1-3,6,9,12H,4-5,7-8H2,(H,14,15). The second kappa shape index (κ2) is 4.89. The minimum absolute atomic E-state index is 0.0773. The molecule has 4 nitrogen and oxygen atoms in total. The van der Waals surface area contributed by atoms with Gasteiger partial charge in [0.05, 0.1) is 12.2 Å². The normalized spacial score (nSPS) is 14.9. The van der Waals surface area contributed by atoms with Crippen LogP contribution in [-0.2, 0) is 11.3 Å². The number of carbonyl (C=O) groups is 1. The molecule has 1 amide bonds. The molecule has 2 rings (SSSR count). The number of hydrogen-bond donors (Lipinski definition) is 2. The van der Waals surface area contributed by atoms with Gasteiger partial charge in [-0.3, -0.25) is 9.78 Å². The molecular formula is C11H15N3O. The molecule has 0 aliphatic heterocycles. The van der Waals surface area contributed by atoms with Crippen molar-refractivity contribution in [1.29, 1.82) is 0 Å². The zero-order valence-electron chi connectivity index (χ0n) is 8.57. The molecule has 1 aliphatic carbocycles. The number of rotatable bonds is 5. The van der Waals surface area contributed by atoms with E-state index in [2.05, 4.69) is 15.6 Å². The summed E-state index contributed by atoms with van der Waals surface area (Å²) in [4.78, 5) is 15.4. The molecule has 0 aromatic carbocycles. The van der Waals surface area contributed by atoms with Gasteiger partial charge >= 0.3 is 0 Å². The average Bonchev–Trinajstić information content (AvgIpc) is 3.03. The molecule has 2 N–H and O–H groups in total. The Labute approximate surface area is 89.1 Å². The highest BCUT2D eigenvalue weighted by molar-refractivity contribution is 5.78. The maximum Gasteiger partial charge on any atom is 0.234 e. The van der Waals surface area contributed by atoms with Crippen LogP contribution in [0.5, 0.6) is 0 Å². The molecule has 0 unspecified atom stereocenters. The van der Waals surface area contributed by atoms with Crippen molar-refractivity contribution in [3.63, 3.8) is 0 Å². The monoisotopic (exact) mass is 205 g/mol. The zero-order valence-corrected chi connectivity index (χ0v) is 8.57. The maximum atomic E-state index is 11.3. The lowest BCUT2D eigenvalue weighted by atomic mass is 10.3. The molecule has 1 saturated carbocycles. The number of nitrogens with zero attached hydrogens (tertiary/aromatic N) is 1. The highest BCUT2D eigenvalue weighted by atomic mass is 16.2. The van der Waals surface area contributed by atoms with Crippen molar-refractivity contribution in [2.24, 2.45) is 0 Å². The highest BCUT2D eigenvalue weighted by Crippen LogP contribution is 2.18. The molecule has 80 valence electrons. The fourth-order valence-electron chi connectivity index (χ4n) is 1.31. The molecule has 4 heteroatoms. The molecule has 1 aromatic rings. The van der Waals surface area contributed by atoms with Crippen LogP contribution in [0, 0.1) is 0 Å². The molecule has 0 radical (unpaired) electrons. The minimum Gasteiger partial charge on any atom is -0.352 e. The van der Waals surface area contributed by atoms with Gasteiger partial charge in [0.2, 0.25) is 5.91 Å². The Morgan fingerprint density at radius 3 is 3.00 bits per heavy atom. The van der Waals surface area contributed by atoms with E-state index < -0.39 is 0 Å². The predicted octanol–water partition coefficient (Wildman–Crippen LogP) is 0.450. The van der Waals surface area contributed by atoms with Crippen molar-refractivity contribution in [3.05, 3.63) is 30.1 Å². The van der Waals surface area contributed by atoms with Gasteiger partial charge in [-0.2, -0.15) is 0 Å². The number of nitrogens with one attached hydrogen (secondary N) is 2. The number of hydrogen-bond acceptors (Lipinski definition) is 3. The fraction of sp³-hybridized carbons (Fsp3) is 0.455. The average molecular weight is 205 g/mol. The lowest BCUT2D eigenvalue weighted by Crippen LogP contribution is -2.34. The molecule has 1 heterocycles. The molecule has 0 spiro atoms. The Morgan fingerprint density at radius 1 is 1.47 bits per heavy atom. The van der Waals surface area contributed by atoms with Crippen LogP contribution in [0.4, 0.5) is 0 Å². The van der Waals surface area contributed by atoms with Gasteiger partial charge in [-0.15, -0.1) is 0 Å². The summed E-state index contributed by atoms with van der Waals surface area (Å²) in [5.74, 6) is 0.0773. The number of pyridine rings is 1. The summed E-state index contributed by atoms with van der Waals surface area (Å²) in [5, 5.41) is 5.98. The Kier molecular flexibility index (Phi) is 3.29. The summed E-state index contributed by atoms with van der Waals surface area (Å²) in [6, 6.07) is 6.19. The van der Waals surface area contributed by atoms with E-state index in [-0.39, 0.29) is 5.91 Å². The van der Waals surface area contributed by atoms with Gasteiger partial charge in [-0.1, -0.05) is 6.07 Å². The Morgan fingerprint density at radius 2 is 2.33 bits per heavy atom. The number of carbonyl (C=O) groups excluding carboxylic acids is 1. The smallest absolute Gasteiger partial charge is 0.234 e. The van der Waals surface area contributed by atoms with Gasteiger partial charge in [-0.05, 0) is 25.0 Å². The second-order valence-electron chi connectivity index (χ2n) is 3.77. The van der Waals surface area contributed by atoms with Crippen molar-refractivity contribution in [2.75, 3.05) is 6.54 Å². The van der Waals surface area contributed by atoms with Crippen LogP contribution in [0.3, 0.4) is 0 Å². The first-order valence-corrected chi connectivity index (χ1v) is 5.24. The first-order valence-electron chi connectivity index (χ1n) is 5.24. The van der Waals surface area contributed by atoms with E-state index in [1.807, 2.05) is 18.2 Å². The summed E-state index contributed by atoms with van der Waals surface area (Å²) in [6.45, 7) is 1.01. The van der Waals surface area contributed by atoms with Crippen LogP contribution in [0.15, 0.2) is 24.4 Å². The van der Waals surface area contributed by atoms with E-state index in [0.717, 1.165) is 18.5 Å². The lowest BCUT2D eigenvalue weighted by Gasteiger charge is -2.04. The third kappa shape index (κ3) is 3.67. The molecular weight excluding hydrogens is 190 g/mol. The minimum atomic E-state index is 0.0773. The van der Waals surface area contributed by atoms with Crippen molar-refractivity contribution >= 4 is 5.91 Å². The van der Waals surface area contributed by atoms with Crippen LogP contribution >= 0.6 is 0 Å². The summed E-state index contributed by atoms with van der Waals surface area (Å²) in [6.07, 6.45) is 4.01. The van der Waals surface area contributed by atoms with E-state index in [0.29, 0.717) is 19.1 Å². The van der Waals surface area contributed by atoms with Gasteiger partial charge in [0.1, 0.15) is 0 Å². The predicted molar refractivity (Wildman–Crippen MR) is 57.1 cm³/mol. The molecule has 0 bridgehead atoms. The van der Waals surface area contributed by atoms with E-state index in [4.69, 9.17) is 0 Å². The van der Waals surface area contributed by atoms with E-state index in [9.17, 15) is 4.79 Å². The van der Waals surface area contributed by atoms with Gasteiger partial charge < -0.3 is 10.6 Å². The SMILES string of the molecule is O=C(CNCc1ccccn1)NC1CC1. The molecule has 15 heavy (non-hydrogen) atoms. The van der Waals surface area contributed by atoms with E-state index in [1.54, 1.807) is 6.20 Å². The van der Waals surface area contributed by atoms with Gasteiger partial charge in [-0.25, -0.2) is 0 Å². The summed E-state index contributed by atoms with van der Waals surface area (Å²) >= 11 is 0. The quantitative estimate of drug-likeness (QED) is 0.734. The van der Waals surface area contributed by atoms with Crippen LogP contribution in [0.1, 0.15) is 18.5 Å². The second-order valence-corrected chi connectivity index (χ2v) is 3.77. The third-order valence-corrected chi connectivity index (χ3v) is 2.26. The van der Waals surface area contributed by atoms with Crippen LogP contribution in [-0.4, -0.2) is 23.5 Å². The molecule has 1 aliphatic rings. The first kappa shape index (κ1) is 10.1. The summed E-state index contributed by atoms with van der Waals surface area (Å²) in [7, 11) is 0. The molecule has 0 saturated heterocycles. The Hall–Kier alpha value is -1.42. The third-order valence-electron chi connectivity index (χ3n) is 2.26. The summed E-state index contributed by atoms with van der Waals surface area (Å²) in [5.41, 5.74) is 0.955. The van der Waals surface area contributed by atoms with Crippen molar-refractivity contribution in [3.8, 4) is 0 Å². The Balaban J connectivity index is 1.63.